The number of rotatable bonds is 6. The van der Waals surface area contributed by atoms with E-state index >= 15 is 0 Å². The van der Waals surface area contributed by atoms with Crippen LogP contribution in [0.15, 0.2) is 71.6 Å². The molecule has 0 aromatic heterocycles. The average Bonchev–Trinajstić information content (AvgIpc) is 2.80. The smallest absolute Gasteiger partial charge is 0.243 e. The molecule has 1 amide bonds. The number of halogens is 2. The highest BCUT2D eigenvalue weighted by atomic mass is 35.5. The van der Waals surface area contributed by atoms with E-state index in [1.165, 1.54) is 35.2 Å². The quantitative estimate of drug-likeness (QED) is 0.515. The summed E-state index contributed by atoms with van der Waals surface area (Å²) in [7, 11) is -4.13. The molecule has 0 fully saturated rings. The normalized spacial score (nSPS) is 13.5. The van der Waals surface area contributed by atoms with Crippen molar-refractivity contribution in [3.05, 3.63) is 88.7 Å². The van der Waals surface area contributed by atoms with Crippen molar-refractivity contribution in [2.45, 2.75) is 18.4 Å². The Kier molecular flexibility index (Phi) is 6.69. The van der Waals surface area contributed by atoms with Gasteiger partial charge in [0.15, 0.2) is 0 Å². The van der Waals surface area contributed by atoms with Crippen LogP contribution in [0.4, 0.5) is 10.1 Å². The zero-order valence-electron chi connectivity index (χ0n) is 17.9. The maximum atomic E-state index is 14.5. The van der Waals surface area contributed by atoms with Gasteiger partial charge >= 0.3 is 0 Å². The van der Waals surface area contributed by atoms with Gasteiger partial charge in [-0.25, -0.2) is 12.8 Å². The number of carbonyl (C=O) groups is 1. The van der Waals surface area contributed by atoms with Gasteiger partial charge in [-0.1, -0.05) is 47.5 Å². The molecule has 0 saturated carbocycles. The number of fused-ring (bicyclic) bond motifs is 1. The molecule has 6 nitrogen and oxygen atoms in total. The van der Waals surface area contributed by atoms with Gasteiger partial charge in [-0.15, -0.1) is 0 Å². The van der Waals surface area contributed by atoms with Crippen molar-refractivity contribution in [2.24, 2.45) is 0 Å². The van der Waals surface area contributed by atoms with Gasteiger partial charge in [-0.05, 0) is 43.3 Å². The third kappa shape index (κ3) is 4.88. The molecule has 1 aliphatic heterocycles. The lowest BCUT2D eigenvalue weighted by atomic mass is 10.2. The van der Waals surface area contributed by atoms with Crippen LogP contribution in [0.5, 0.6) is 5.75 Å². The number of ether oxygens (including phenoxy) is 1. The van der Waals surface area contributed by atoms with Gasteiger partial charge in [0.25, 0.3) is 0 Å². The average molecular weight is 489 g/mol. The zero-order chi connectivity index (χ0) is 23.6. The number of nitrogens with zero attached hydrogens (tertiary/aromatic N) is 2. The number of carbonyl (C=O) groups excluding carboxylic acids is 1. The minimum absolute atomic E-state index is 0.00466. The van der Waals surface area contributed by atoms with Crippen LogP contribution in [0.25, 0.3) is 0 Å². The van der Waals surface area contributed by atoms with Crippen LogP contribution in [-0.2, 0) is 21.4 Å². The van der Waals surface area contributed by atoms with Gasteiger partial charge in [0.2, 0.25) is 15.9 Å². The molecule has 0 N–H and O–H groups in total. The Labute approximate surface area is 197 Å². The van der Waals surface area contributed by atoms with E-state index < -0.39 is 28.3 Å². The largest absolute Gasteiger partial charge is 0.490 e. The summed E-state index contributed by atoms with van der Waals surface area (Å²) in [5.74, 6) is -0.549. The maximum Gasteiger partial charge on any atom is 0.243 e. The van der Waals surface area contributed by atoms with E-state index in [1.54, 1.807) is 36.4 Å². The molecule has 0 atom stereocenters. The minimum atomic E-state index is -4.13. The Balaban J connectivity index is 1.70. The van der Waals surface area contributed by atoms with Crippen molar-refractivity contribution in [2.75, 3.05) is 24.6 Å². The fourth-order valence-electron chi connectivity index (χ4n) is 3.61. The van der Waals surface area contributed by atoms with E-state index in [9.17, 15) is 17.6 Å². The molecular formula is C24H22ClFN2O4S. The molecule has 3 aromatic rings. The Bertz CT molecular complexity index is 1260. The molecular weight excluding hydrogens is 467 g/mol. The molecule has 1 heterocycles. The van der Waals surface area contributed by atoms with Crippen LogP contribution in [0.2, 0.25) is 5.02 Å². The molecule has 0 unspecified atom stereocenters. The van der Waals surface area contributed by atoms with Gasteiger partial charge < -0.3 is 9.64 Å². The van der Waals surface area contributed by atoms with Gasteiger partial charge in [0.05, 0.1) is 23.7 Å². The highest BCUT2D eigenvalue weighted by Gasteiger charge is 2.32. The summed E-state index contributed by atoms with van der Waals surface area (Å²) in [5, 5.41) is 0.0864. The predicted octanol–water partition coefficient (Wildman–Crippen LogP) is 4.40. The molecule has 0 saturated heterocycles. The predicted molar refractivity (Wildman–Crippen MR) is 124 cm³/mol. The molecule has 1 aliphatic rings. The standard InChI is InChI=1S/C24H22ClFN2O4S/c1-17-9-11-18(12-10-17)33(30,31)27(15-19-20(25)5-4-6-21(19)26)16-24(29)28-13-14-32-23-8-3-2-7-22(23)28/h2-12H,13-16H2,1H3. The lowest BCUT2D eigenvalue weighted by Gasteiger charge is -2.31. The Morgan fingerprint density at radius 1 is 1.09 bits per heavy atom. The highest BCUT2D eigenvalue weighted by Crippen LogP contribution is 2.32. The molecule has 0 aliphatic carbocycles. The summed E-state index contributed by atoms with van der Waals surface area (Å²) in [5.41, 5.74) is 1.45. The van der Waals surface area contributed by atoms with Crippen LogP contribution in [-0.4, -0.2) is 38.3 Å². The molecule has 0 radical (unpaired) electrons. The van der Waals surface area contributed by atoms with E-state index in [2.05, 4.69) is 0 Å². The van der Waals surface area contributed by atoms with E-state index in [4.69, 9.17) is 16.3 Å². The Morgan fingerprint density at radius 2 is 1.82 bits per heavy atom. The lowest BCUT2D eigenvalue weighted by Crippen LogP contribution is -2.45. The first-order valence-electron chi connectivity index (χ1n) is 10.3. The van der Waals surface area contributed by atoms with Gasteiger partial charge in [-0.2, -0.15) is 4.31 Å². The second kappa shape index (κ2) is 9.51. The van der Waals surface area contributed by atoms with Crippen LogP contribution in [0.1, 0.15) is 11.1 Å². The molecule has 4 rings (SSSR count). The van der Waals surface area contributed by atoms with Crippen LogP contribution in [0, 0.1) is 12.7 Å². The lowest BCUT2D eigenvalue weighted by molar-refractivity contribution is -0.119. The van der Waals surface area contributed by atoms with Crippen molar-refractivity contribution < 1.29 is 22.3 Å². The molecule has 0 spiro atoms. The number of sulfonamides is 1. The summed E-state index contributed by atoms with van der Waals surface area (Å²) in [6.45, 7) is 1.52. The van der Waals surface area contributed by atoms with Crippen molar-refractivity contribution in [3.8, 4) is 5.75 Å². The molecule has 172 valence electrons. The number of para-hydroxylation sites is 2. The second-order valence-corrected chi connectivity index (χ2v) is 9.99. The van der Waals surface area contributed by atoms with E-state index in [-0.39, 0.29) is 35.2 Å². The van der Waals surface area contributed by atoms with Crippen molar-refractivity contribution >= 4 is 33.2 Å². The van der Waals surface area contributed by atoms with Crippen molar-refractivity contribution in [3.63, 3.8) is 0 Å². The first kappa shape index (κ1) is 23.2. The topological polar surface area (TPSA) is 66.9 Å². The molecule has 0 bridgehead atoms. The molecule has 33 heavy (non-hydrogen) atoms. The first-order chi connectivity index (χ1) is 15.8. The fraction of sp³-hybridized carbons (Fsp3) is 0.208. The van der Waals surface area contributed by atoms with E-state index in [0.29, 0.717) is 11.4 Å². The zero-order valence-corrected chi connectivity index (χ0v) is 19.4. The fourth-order valence-corrected chi connectivity index (χ4v) is 5.19. The summed E-state index contributed by atoms with van der Waals surface area (Å²) in [6.07, 6.45) is 0. The number of benzene rings is 3. The summed E-state index contributed by atoms with van der Waals surface area (Å²) < 4.78 is 48.1. The highest BCUT2D eigenvalue weighted by molar-refractivity contribution is 7.89. The third-order valence-corrected chi connectivity index (χ3v) is 7.56. The van der Waals surface area contributed by atoms with Gasteiger partial charge in [0, 0.05) is 17.1 Å². The molecule has 9 heteroatoms. The van der Waals surface area contributed by atoms with Crippen molar-refractivity contribution in [1.29, 1.82) is 0 Å². The number of aryl methyl sites for hydroxylation is 1. The monoisotopic (exact) mass is 488 g/mol. The number of hydrogen-bond acceptors (Lipinski definition) is 4. The number of amides is 1. The van der Waals surface area contributed by atoms with Crippen LogP contribution in [0.3, 0.4) is 0 Å². The molecule has 3 aromatic carbocycles. The Morgan fingerprint density at radius 3 is 2.55 bits per heavy atom. The van der Waals surface area contributed by atoms with E-state index in [0.717, 1.165) is 9.87 Å². The van der Waals surface area contributed by atoms with Crippen molar-refractivity contribution in [1.82, 2.24) is 4.31 Å². The van der Waals surface area contributed by atoms with Crippen LogP contribution < -0.4 is 9.64 Å². The third-order valence-electron chi connectivity index (χ3n) is 5.40. The summed E-state index contributed by atoms with van der Waals surface area (Å²) >= 11 is 6.17. The van der Waals surface area contributed by atoms with Gasteiger partial charge in [-0.3, -0.25) is 4.79 Å². The van der Waals surface area contributed by atoms with Crippen LogP contribution >= 0.6 is 11.6 Å². The second-order valence-electron chi connectivity index (χ2n) is 7.65. The van der Waals surface area contributed by atoms with Gasteiger partial charge in [0.1, 0.15) is 18.2 Å². The Hall–Kier alpha value is -2.94. The first-order valence-corrected chi connectivity index (χ1v) is 12.1. The summed E-state index contributed by atoms with van der Waals surface area (Å²) in [6, 6.07) is 17.4. The van der Waals surface area contributed by atoms with E-state index in [1.807, 2.05) is 6.92 Å². The number of anilines is 1. The number of hydrogen-bond donors (Lipinski definition) is 0. The summed E-state index contributed by atoms with van der Waals surface area (Å²) in [4.78, 5) is 14.8. The minimum Gasteiger partial charge on any atom is -0.490 e. The maximum absolute atomic E-state index is 14.5. The SMILES string of the molecule is Cc1ccc(S(=O)(=O)N(CC(=O)N2CCOc3ccccc32)Cc2c(F)cccc2Cl)cc1.